The number of hydrogen-bond acceptors (Lipinski definition) is 5. The lowest BCUT2D eigenvalue weighted by Gasteiger charge is -2.14. The van der Waals surface area contributed by atoms with Crippen molar-refractivity contribution in [3.8, 4) is 16.9 Å². The number of aliphatic hydroxyl groups excluding tert-OH is 1. The van der Waals surface area contributed by atoms with Crippen LogP contribution in [0, 0.1) is 0 Å². The molecule has 0 fully saturated rings. The van der Waals surface area contributed by atoms with Crippen molar-refractivity contribution < 1.29 is 19.7 Å². The van der Waals surface area contributed by atoms with Gasteiger partial charge in [0, 0.05) is 18.3 Å². The second-order valence-electron chi connectivity index (χ2n) is 7.05. The number of nitrogens with one attached hydrogen (secondary N) is 1. The van der Waals surface area contributed by atoms with Crippen molar-refractivity contribution >= 4 is 11.7 Å². The van der Waals surface area contributed by atoms with Crippen LogP contribution in [0.4, 0.5) is 5.69 Å². The third-order valence-corrected chi connectivity index (χ3v) is 4.83. The molecule has 0 saturated heterocycles. The Morgan fingerprint density at radius 2 is 1.87 bits per heavy atom. The molecule has 0 heterocycles. The summed E-state index contributed by atoms with van der Waals surface area (Å²) in [5, 5.41) is 21.6. The van der Waals surface area contributed by atoms with E-state index >= 15 is 0 Å². The van der Waals surface area contributed by atoms with Crippen LogP contribution in [0.5, 0.6) is 5.75 Å². The molecule has 6 nitrogen and oxygen atoms in total. The van der Waals surface area contributed by atoms with E-state index in [1.54, 1.807) is 18.2 Å². The van der Waals surface area contributed by atoms with E-state index in [-0.39, 0.29) is 13.0 Å². The molecule has 6 heteroatoms. The molecule has 0 aromatic heterocycles. The average Bonchev–Trinajstić information content (AvgIpc) is 2.77. The van der Waals surface area contributed by atoms with Gasteiger partial charge in [0.2, 0.25) is 0 Å². The molecular weight excluding hydrogens is 380 g/mol. The number of rotatable bonds is 9. The summed E-state index contributed by atoms with van der Waals surface area (Å²) in [5.74, 6) is -0.335. The quantitative estimate of drug-likeness (QED) is 0.433. The van der Waals surface area contributed by atoms with Crippen LogP contribution in [-0.2, 0) is 17.8 Å². The zero-order valence-electron chi connectivity index (χ0n) is 16.8. The van der Waals surface area contributed by atoms with Crippen LogP contribution in [0.2, 0.25) is 0 Å². The number of aliphatic hydroxyl groups is 1. The minimum absolute atomic E-state index is 0.0874. The predicted octanol–water partition coefficient (Wildman–Crippen LogP) is 3.59. The van der Waals surface area contributed by atoms with Gasteiger partial charge in [0.25, 0.3) is 0 Å². The molecule has 0 amide bonds. The van der Waals surface area contributed by atoms with Gasteiger partial charge >= 0.3 is 5.97 Å². The van der Waals surface area contributed by atoms with Crippen LogP contribution < -0.4 is 15.8 Å². The summed E-state index contributed by atoms with van der Waals surface area (Å²) in [6.07, 6.45) is -0.0874. The minimum Gasteiger partial charge on any atom is -0.489 e. The van der Waals surface area contributed by atoms with E-state index in [0.717, 1.165) is 27.9 Å². The highest BCUT2D eigenvalue weighted by atomic mass is 16.5. The molecule has 0 saturated carbocycles. The van der Waals surface area contributed by atoms with Crippen LogP contribution >= 0.6 is 0 Å². The number of para-hydroxylation sites is 1. The zero-order chi connectivity index (χ0) is 21.5. The summed E-state index contributed by atoms with van der Waals surface area (Å²) >= 11 is 0. The van der Waals surface area contributed by atoms with Gasteiger partial charge in [0.1, 0.15) is 12.4 Å². The molecule has 3 rings (SSSR count). The van der Waals surface area contributed by atoms with E-state index in [2.05, 4.69) is 5.32 Å². The molecule has 156 valence electrons. The van der Waals surface area contributed by atoms with E-state index in [9.17, 15) is 9.90 Å². The largest absolute Gasteiger partial charge is 0.489 e. The number of carboxylic acids is 1. The number of benzene rings is 3. The maximum atomic E-state index is 11.1. The lowest BCUT2D eigenvalue weighted by atomic mass is 9.98. The maximum Gasteiger partial charge on any atom is 0.307 e. The van der Waals surface area contributed by atoms with Gasteiger partial charge in [-0.2, -0.15) is 0 Å². The third-order valence-electron chi connectivity index (χ3n) is 4.83. The Balaban J connectivity index is 1.87. The number of carbonyl (C=O) groups is 1. The van der Waals surface area contributed by atoms with Crippen molar-refractivity contribution in [2.75, 3.05) is 19.0 Å². The first-order valence-electron chi connectivity index (χ1n) is 9.71. The summed E-state index contributed by atoms with van der Waals surface area (Å²) in [6.45, 7) is 0.184. The van der Waals surface area contributed by atoms with Crippen LogP contribution in [0.25, 0.3) is 11.1 Å². The van der Waals surface area contributed by atoms with Crippen molar-refractivity contribution in [3.05, 3.63) is 83.4 Å². The normalized spacial score (nSPS) is 11.7. The fourth-order valence-electron chi connectivity index (χ4n) is 3.26. The Labute approximate surface area is 175 Å². The standard InChI is InChI=1S/C24H26N2O4/c1-26-21-10-16(15-30-23-8-3-2-5-19(23)13-24(28)29)9-20(12-21)17-6-4-7-18(11-17)22(25)14-27/h2-12,22,26-27H,13-15,25H2,1H3,(H,28,29)/t22-/m1/s1. The van der Waals surface area contributed by atoms with Crippen LogP contribution in [0.1, 0.15) is 22.7 Å². The molecule has 0 aliphatic carbocycles. The molecule has 0 spiro atoms. The first-order valence-corrected chi connectivity index (χ1v) is 9.71. The first kappa shape index (κ1) is 21.4. The number of hydrogen-bond donors (Lipinski definition) is 4. The Morgan fingerprint density at radius 1 is 1.07 bits per heavy atom. The van der Waals surface area contributed by atoms with Gasteiger partial charge in [-0.1, -0.05) is 36.4 Å². The van der Waals surface area contributed by atoms with E-state index in [1.165, 1.54) is 0 Å². The Kier molecular flexibility index (Phi) is 7.06. The molecule has 0 unspecified atom stereocenters. The number of carboxylic acid groups (broad SMARTS) is 1. The summed E-state index contributed by atoms with van der Waals surface area (Å²) in [5.41, 5.74) is 11.3. The van der Waals surface area contributed by atoms with E-state index in [1.807, 2.05) is 55.6 Å². The molecule has 0 radical (unpaired) electrons. The number of nitrogens with two attached hydrogens (primary N) is 1. The van der Waals surface area contributed by atoms with E-state index in [0.29, 0.717) is 17.9 Å². The monoisotopic (exact) mass is 406 g/mol. The highest BCUT2D eigenvalue weighted by Gasteiger charge is 2.10. The molecule has 3 aromatic rings. The van der Waals surface area contributed by atoms with Crippen molar-refractivity contribution in [3.63, 3.8) is 0 Å². The molecule has 30 heavy (non-hydrogen) atoms. The molecular formula is C24H26N2O4. The Hall–Kier alpha value is -3.35. The van der Waals surface area contributed by atoms with Crippen LogP contribution in [0.3, 0.4) is 0 Å². The van der Waals surface area contributed by atoms with Crippen molar-refractivity contribution in [1.29, 1.82) is 0 Å². The fourth-order valence-corrected chi connectivity index (χ4v) is 3.26. The van der Waals surface area contributed by atoms with E-state index in [4.69, 9.17) is 15.6 Å². The summed E-state index contributed by atoms with van der Waals surface area (Å²) in [4.78, 5) is 11.1. The van der Waals surface area contributed by atoms with E-state index < -0.39 is 12.0 Å². The van der Waals surface area contributed by atoms with Crippen molar-refractivity contribution in [2.45, 2.75) is 19.1 Å². The molecule has 1 atom stereocenters. The lowest BCUT2D eigenvalue weighted by Crippen LogP contribution is -2.14. The predicted molar refractivity (Wildman–Crippen MR) is 118 cm³/mol. The van der Waals surface area contributed by atoms with Gasteiger partial charge in [0.15, 0.2) is 0 Å². The number of anilines is 1. The average molecular weight is 406 g/mol. The minimum atomic E-state index is -0.897. The summed E-state index contributed by atoms with van der Waals surface area (Å²) in [6, 6.07) is 20.6. The van der Waals surface area contributed by atoms with Crippen LogP contribution in [-0.4, -0.2) is 29.8 Å². The fraction of sp³-hybridized carbons (Fsp3) is 0.208. The van der Waals surface area contributed by atoms with Gasteiger partial charge in [-0.15, -0.1) is 0 Å². The highest BCUT2D eigenvalue weighted by Crippen LogP contribution is 2.28. The van der Waals surface area contributed by atoms with Crippen molar-refractivity contribution in [1.82, 2.24) is 0 Å². The Morgan fingerprint density at radius 3 is 2.60 bits per heavy atom. The third kappa shape index (κ3) is 5.37. The highest BCUT2D eigenvalue weighted by molar-refractivity contribution is 5.71. The topological polar surface area (TPSA) is 105 Å². The van der Waals surface area contributed by atoms with Gasteiger partial charge in [-0.3, -0.25) is 4.79 Å². The van der Waals surface area contributed by atoms with Gasteiger partial charge < -0.3 is 26.0 Å². The summed E-state index contributed by atoms with van der Waals surface area (Å²) < 4.78 is 5.95. The molecule has 0 aliphatic heterocycles. The molecule has 3 aromatic carbocycles. The van der Waals surface area contributed by atoms with Gasteiger partial charge in [-0.25, -0.2) is 0 Å². The number of ether oxygens (including phenoxy) is 1. The van der Waals surface area contributed by atoms with Crippen LogP contribution in [0.15, 0.2) is 66.7 Å². The smallest absolute Gasteiger partial charge is 0.307 e. The van der Waals surface area contributed by atoms with Gasteiger partial charge in [-0.05, 0) is 52.6 Å². The SMILES string of the molecule is CNc1cc(COc2ccccc2CC(=O)O)cc(-c2cccc([C@H](N)CO)c2)c1. The molecule has 5 N–H and O–H groups in total. The first-order chi connectivity index (χ1) is 14.5. The van der Waals surface area contributed by atoms with Crippen molar-refractivity contribution in [2.24, 2.45) is 5.73 Å². The second-order valence-corrected chi connectivity index (χ2v) is 7.05. The second kappa shape index (κ2) is 9.91. The summed E-state index contributed by atoms with van der Waals surface area (Å²) in [7, 11) is 1.85. The lowest BCUT2D eigenvalue weighted by molar-refractivity contribution is -0.136. The maximum absolute atomic E-state index is 11.1. The van der Waals surface area contributed by atoms with Gasteiger partial charge in [0.05, 0.1) is 19.1 Å². The zero-order valence-corrected chi connectivity index (χ0v) is 16.8. The number of aliphatic carboxylic acids is 1. The Bertz CT molecular complexity index is 1020. The molecule has 0 bridgehead atoms. The molecule has 0 aliphatic rings.